The van der Waals surface area contributed by atoms with Crippen LogP contribution < -0.4 is 5.73 Å². The summed E-state index contributed by atoms with van der Waals surface area (Å²) in [5.74, 6) is 0. The summed E-state index contributed by atoms with van der Waals surface area (Å²) in [5, 5.41) is 0. The van der Waals surface area contributed by atoms with Gasteiger partial charge in [-0.05, 0) is 12.5 Å². The van der Waals surface area contributed by atoms with Crippen LogP contribution in [0.5, 0.6) is 0 Å². The summed E-state index contributed by atoms with van der Waals surface area (Å²) < 4.78 is 0. The summed E-state index contributed by atoms with van der Waals surface area (Å²) in [6.07, 6.45) is 8.52. The van der Waals surface area contributed by atoms with Crippen LogP contribution >= 0.6 is 0 Å². The van der Waals surface area contributed by atoms with E-state index in [1.807, 2.05) is 12.2 Å². The van der Waals surface area contributed by atoms with Gasteiger partial charge in [-0.15, -0.1) is 0 Å². The van der Waals surface area contributed by atoms with Gasteiger partial charge in [0.1, 0.15) is 0 Å². The van der Waals surface area contributed by atoms with Crippen LogP contribution in [0.3, 0.4) is 0 Å². The minimum absolute atomic E-state index is 0.0938. The maximum atomic E-state index is 5.84. The molecule has 0 aromatic heterocycles. The van der Waals surface area contributed by atoms with Gasteiger partial charge in [0, 0.05) is 11.1 Å². The van der Waals surface area contributed by atoms with Gasteiger partial charge in [-0.3, -0.25) is 0 Å². The standard InChI is InChI=1S/C11H21N/c1-5-6-7-8-9-10(12)11(2,3)4/h7-9H,5-6,12H2,1-4H3/b8-7-,10-9-. The molecular formula is C11H21N. The van der Waals surface area contributed by atoms with Crippen molar-refractivity contribution in [3.8, 4) is 0 Å². The Hall–Kier alpha value is -0.720. The van der Waals surface area contributed by atoms with E-state index in [1.54, 1.807) is 0 Å². The van der Waals surface area contributed by atoms with Gasteiger partial charge in [-0.25, -0.2) is 0 Å². The van der Waals surface area contributed by atoms with Crippen molar-refractivity contribution in [3.05, 3.63) is 23.9 Å². The SMILES string of the molecule is CCC/C=C\C=C(/N)C(C)(C)C. The van der Waals surface area contributed by atoms with Crippen LogP contribution in [0, 0.1) is 5.41 Å². The molecule has 0 atom stereocenters. The van der Waals surface area contributed by atoms with Crippen molar-refractivity contribution in [2.45, 2.75) is 40.5 Å². The molecule has 0 unspecified atom stereocenters. The van der Waals surface area contributed by atoms with Crippen molar-refractivity contribution < 1.29 is 0 Å². The monoisotopic (exact) mass is 167 g/mol. The second-order valence-electron chi connectivity index (χ2n) is 4.09. The Balaban J connectivity index is 4.01. The maximum Gasteiger partial charge on any atom is 0.0135 e. The zero-order chi connectivity index (χ0) is 9.61. The molecule has 0 spiro atoms. The molecule has 0 rings (SSSR count). The average Bonchev–Trinajstić information content (AvgIpc) is 1.96. The minimum Gasteiger partial charge on any atom is -0.402 e. The summed E-state index contributed by atoms with van der Waals surface area (Å²) in [6.45, 7) is 8.52. The summed E-state index contributed by atoms with van der Waals surface area (Å²) in [6, 6.07) is 0. The molecule has 0 aromatic carbocycles. The van der Waals surface area contributed by atoms with Crippen LogP contribution in [0.1, 0.15) is 40.5 Å². The summed E-state index contributed by atoms with van der Waals surface area (Å²) >= 11 is 0. The Labute approximate surface area is 76.3 Å². The largest absolute Gasteiger partial charge is 0.402 e. The number of allylic oxidation sites excluding steroid dienone is 4. The minimum atomic E-state index is 0.0938. The molecule has 2 N–H and O–H groups in total. The van der Waals surface area contributed by atoms with Crippen LogP contribution in [-0.2, 0) is 0 Å². The first-order valence-corrected chi connectivity index (χ1v) is 4.61. The lowest BCUT2D eigenvalue weighted by atomic mass is 9.92. The first-order valence-electron chi connectivity index (χ1n) is 4.61. The topological polar surface area (TPSA) is 26.0 Å². The molecule has 0 saturated heterocycles. The zero-order valence-electron chi connectivity index (χ0n) is 8.72. The Kier molecular flexibility index (Phi) is 4.72. The normalized spacial score (nSPS) is 14.2. The van der Waals surface area contributed by atoms with Crippen molar-refractivity contribution in [3.63, 3.8) is 0 Å². The Morgan fingerprint density at radius 1 is 1.33 bits per heavy atom. The third kappa shape index (κ3) is 5.00. The Morgan fingerprint density at radius 3 is 2.33 bits per heavy atom. The molecule has 0 bridgehead atoms. The van der Waals surface area contributed by atoms with Gasteiger partial charge in [-0.1, -0.05) is 46.3 Å². The second kappa shape index (κ2) is 5.02. The van der Waals surface area contributed by atoms with E-state index in [0.717, 1.165) is 12.1 Å². The molecule has 70 valence electrons. The molecule has 0 heterocycles. The number of unbranched alkanes of at least 4 members (excludes halogenated alkanes) is 1. The van der Waals surface area contributed by atoms with Gasteiger partial charge in [0.2, 0.25) is 0 Å². The first kappa shape index (κ1) is 11.3. The molecule has 0 saturated carbocycles. The molecule has 0 fully saturated rings. The third-order valence-electron chi connectivity index (χ3n) is 1.73. The van der Waals surface area contributed by atoms with E-state index in [0.29, 0.717) is 0 Å². The molecular weight excluding hydrogens is 146 g/mol. The van der Waals surface area contributed by atoms with Crippen molar-refractivity contribution in [2.75, 3.05) is 0 Å². The lowest BCUT2D eigenvalue weighted by Crippen LogP contribution is -2.16. The molecule has 0 amide bonds. The first-order chi connectivity index (χ1) is 5.48. The Morgan fingerprint density at radius 2 is 1.92 bits per heavy atom. The highest BCUT2D eigenvalue weighted by Gasteiger charge is 2.11. The van der Waals surface area contributed by atoms with Gasteiger partial charge in [0.25, 0.3) is 0 Å². The van der Waals surface area contributed by atoms with E-state index in [4.69, 9.17) is 5.73 Å². The van der Waals surface area contributed by atoms with Crippen LogP contribution in [0.25, 0.3) is 0 Å². The molecule has 0 aliphatic carbocycles. The lowest BCUT2D eigenvalue weighted by molar-refractivity contribution is 0.497. The van der Waals surface area contributed by atoms with E-state index < -0.39 is 0 Å². The van der Waals surface area contributed by atoms with E-state index in [-0.39, 0.29) is 5.41 Å². The van der Waals surface area contributed by atoms with E-state index in [2.05, 4.69) is 33.8 Å². The van der Waals surface area contributed by atoms with Crippen molar-refractivity contribution in [2.24, 2.45) is 11.1 Å². The van der Waals surface area contributed by atoms with Gasteiger partial charge in [0.05, 0.1) is 0 Å². The number of hydrogen-bond donors (Lipinski definition) is 1. The molecule has 0 radical (unpaired) electrons. The molecule has 1 heteroatoms. The average molecular weight is 167 g/mol. The highest BCUT2D eigenvalue weighted by Crippen LogP contribution is 2.20. The van der Waals surface area contributed by atoms with E-state index in [1.165, 1.54) is 6.42 Å². The van der Waals surface area contributed by atoms with Gasteiger partial charge < -0.3 is 5.73 Å². The van der Waals surface area contributed by atoms with Crippen LogP contribution in [0.4, 0.5) is 0 Å². The van der Waals surface area contributed by atoms with Crippen molar-refractivity contribution in [1.29, 1.82) is 0 Å². The fourth-order valence-corrected chi connectivity index (χ4v) is 0.685. The molecule has 0 aliphatic heterocycles. The van der Waals surface area contributed by atoms with Crippen molar-refractivity contribution >= 4 is 0 Å². The molecule has 12 heavy (non-hydrogen) atoms. The Bertz CT molecular complexity index is 170. The number of hydrogen-bond acceptors (Lipinski definition) is 1. The summed E-state index contributed by atoms with van der Waals surface area (Å²) in [7, 11) is 0. The van der Waals surface area contributed by atoms with E-state index >= 15 is 0 Å². The summed E-state index contributed by atoms with van der Waals surface area (Å²) in [5.41, 5.74) is 6.88. The van der Waals surface area contributed by atoms with Gasteiger partial charge in [0.15, 0.2) is 0 Å². The smallest absolute Gasteiger partial charge is 0.0135 e. The quantitative estimate of drug-likeness (QED) is 0.642. The zero-order valence-corrected chi connectivity index (χ0v) is 8.72. The second-order valence-corrected chi connectivity index (χ2v) is 4.09. The fourth-order valence-electron chi connectivity index (χ4n) is 0.685. The predicted octanol–water partition coefficient (Wildman–Crippen LogP) is 3.23. The predicted molar refractivity (Wildman–Crippen MR) is 55.8 cm³/mol. The van der Waals surface area contributed by atoms with Gasteiger partial charge >= 0.3 is 0 Å². The molecule has 0 aromatic rings. The summed E-state index contributed by atoms with van der Waals surface area (Å²) in [4.78, 5) is 0. The third-order valence-corrected chi connectivity index (χ3v) is 1.73. The number of rotatable bonds is 3. The van der Waals surface area contributed by atoms with Gasteiger partial charge in [-0.2, -0.15) is 0 Å². The molecule has 0 aliphatic rings. The highest BCUT2D eigenvalue weighted by atomic mass is 14.6. The maximum absolute atomic E-state index is 5.84. The highest BCUT2D eigenvalue weighted by molar-refractivity contribution is 5.14. The van der Waals surface area contributed by atoms with Crippen LogP contribution in [-0.4, -0.2) is 0 Å². The fraction of sp³-hybridized carbons (Fsp3) is 0.636. The van der Waals surface area contributed by atoms with Crippen molar-refractivity contribution in [1.82, 2.24) is 0 Å². The van der Waals surface area contributed by atoms with Crippen LogP contribution in [0.15, 0.2) is 23.9 Å². The number of nitrogens with two attached hydrogens (primary N) is 1. The van der Waals surface area contributed by atoms with E-state index in [9.17, 15) is 0 Å². The lowest BCUT2D eigenvalue weighted by Gasteiger charge is -2.18. The molecule has 1 nitrogen and oxygen atoms in total. The van der Waals surface area contributed by atoms with Crippen LogP contribution in [0.2, 0.25) is 0 Å².